The van der Waals surface area contributed by atoms with Crippen LogP contribution >= 0.6 is 0 Å². The van der Waals surface area contributed by atoms with Crippen molar-refractivity contribution in [1.82, 2.24) is 4.90 Å². The predicted octanol–water partition coefficient (Wildman–Crippen LogP) is 3.15. The summed E-state index contributed by atoms with van der Waals surface area (Å²) in [6.45, 7) is 5.07. The van der Waals surface area contributed by atoms with Gasteiger partial charge in [0.1, 0.15) is 0 Å². The largest absolute Gasteiger partial charge is 0.298 e. The van der Waals surface area contributed by atoms with Gasteiger partial charge in [-0.3, -0.25) is 9.69 Å². The monoisotopic (exact) mass is 259 g/mol. The van der Waals surface area contributed by atoms with E-state index in [9.17, 15) is 4.79 Å². The average Bonchev–Trinajstić information content (AvgIpc) is 2.91. The van der Waals surface area contributed by atoms with E-state index in [0.29, 0.717) is 34.2 Å². The van der Waals surface area contributed by atoms with E-state index in [-0.39, 0.29) is 0 Å². The van der Waals surface area contributed by atoms with Crippen LogP contribution in [0.3, 0.4) is 0 Å². The molecule has 4 unspecified atom stereocenters. The summed E-state index contributed by atoms with van der Waals surface area (Å²) >= 11 is 0. The highest BCUT2D eigenvalue weighted by molar-refractivity contribution is 5.88. The second-order valence-corrected chi connectivity index (χ2v) is 9.15. The summed E-state index contributed by atoms with van der Waals surface area (Å²) in [6.07, 6.45) is 10.4. The summed E-state index contributed by atoms with van der Waals surface area (Å²) in [4.78, 5) is 14.9. The van der Waals surface area contributed by atoms with E-state index in [1.807, 2.05) is 0 Å². The number of fused-ring (bicyclic) bond motifs is 2. The Morgan fingerprint density at radius 3 is 2.53 bits per heavy atom. The standard InChI is InChI=1S/C17H25NO/c1-15-6-11-7-17(9-15,10-16(11,2)8-15)18-12-3-4-13(18)14(19)5-12/h11-13H,3-10H2,1-2H3/t11?,12-,13+,15?,16?,17?/m0/s1. The van der Waals surface area contributed by atoms with Gasteiger partial charge in [-0.2, -0.15) is 0 Å². The number of Topliss-reactive ketones (excluding diaryl/α,β-unsaturated/α-hetero) is 1. The van der Waals surface area contributed by atoms with Gasteiger partial charge >= 0.3 is 0 Å². The highest BCUT2D eigenvalue weighted by Crippen LogP contribution is 2.73. The van der Waals surface area contributed by atoms with E-state index in [4.69, 9.17) is 0 Å². The van der Waals surface area contributed by atoms with E-state index in [0.717, 1.165) is 18.8 Å². The van der Waals surface area contributed by atoms with Gasteiger partial charge < -0.3 is 0 Å². The van der Waals surface area contributed by atoms with E-state index in [2.05, 4.69) is 18.7 Å². The Labute approximate surface area is 115 Å². The Balaban J connectivity index is 1.59. The van der Waals surface area contributed by atoms with Crippen LogP contribution < -0.4 is 0 Å². The van der Waals surface area contributed by atoms with Gasteiger partial charge in [-0.25, -0.2) is 0 Å². The molecule has 2 heterocycles. The first kappa shape index (κ1) is 11.3. The molecule has 0 spiro atoms. The minimum absolute atomic E-state index is 0.313. The van der Waals surface area contributed by atoms with Crippen molar-refractivity contribution in [2.45, 2.75) is 82.8 Å². The predicted molar refractivity (Wildman–Crippen MR) is 73.8 cm³/mol. The molecular weight excluding hydrogens is 234 g/mol. The Morgan fingerprint density at radius 2 is 1.95 bits per heavy atom. The fourth-order valence-corrected chi connectivity index (χ4v) is 7.68. The third kappa shape index (κ3) is 1.17. The lowest BCUT2D eigenvalue weighted by molar-refractivity contribution is -0.121. The van der Waals surface area contributed by atoms with Crippen molar-refractivity contribution >= 4 is 5.78 Å². The number of rotatable bonds is 1. The first-order valence-electron chi connectivity index (χ1n) is 8.24. The summed E-state index contributed by atoms with van der Waals surface area (Å²) < 4.78 is 0. The first-order chi connectivity index (χ1) is 8.93. The molecule has 4 aliphatic carbocycles. The maximum Gasteiger partial charge on any atom is 0.151 e. The molecule has 104 valence electrons. The molecule has 0 aromatic heterocycles. The molecule has 6 aliphatic rings. The van der Waals surface area contributed by atoms with Crippen LogP contribution in [-0.2, 0) is 4.79 Å². The lowest BCUT2D eigenvalue weighted by Gasteiger charge is -2.52. The van der Waals surface area contributed by atoms with E-state index < -0.39 is 0 Å². The zero-order valence-corrected chi connectivity index (χ0v) is 12.2. The van der Waals surface area contributed by atoms with Crippen LogP contribution in [0, 0.1) is 16.7 Å². The normalized spacial score (nSPS) is 62.6. The van der Waals surface area contributed by atoms with Gasteiger partial charge in [0.25, 0.3) is 0 Å². The van der Waals surface area contributed by atoms with Crippen molar-refractivity contribution in [2.24, 2.45) is 16.7 Å². The summed E-state index contributed by atoms with van der Waals surface area (Å²) in [6, 6.07) is 0.925. The van der Waals surface area contributed by atoms with Gasteiger partial charge in [-0.05, 0) is 61.7 Å². The summed E-state index contributed by atoms with van der Waals surface area (Å²) in [5.41, 5.74) is 1.60. The van der Waals surface area contributed by atoms with Crippen molar-refractivity contribution in [3.05, 3.63) is 0 Å². The number of carbonyl (C=O) groups is 1. The SMILES string of the molecule is CC12CC3CC(N4[C@H]5CC[C@@H]4C(=O)C5)(C1)CC3(C)C2. The minimum Gasteiger partial charge on any atom is -0.298 e. The maximum absolute atomic E-state index is 12.2. The number of nitrogens with zero attached hydrogens (tertiary/aromatic N) is 1. The fourth-order valence-electron chi connectivity index (χ4n) is 7.68. The number of carbonyl (C=O) groups excluding carboxylic acids is 1. The van der Waals surface area contributed by atoms with Gasteiger partial charge in [0.2, 0.25) is 0 Å². The van der Waals surface area contributed by atoms with Crippen molar-refractivity contribution in [3.8, 4) is 0 Å². The summed E-state index contributed by atoms with van der Waals surface area (Å²) in [5.74, 6) is 1.50. The second kappa shape index (κ2) is 2.95. The molecule has 0 radical (unpaired) electrons. The van der Waals surface area contributed by atoms with Crippen molar-refractivity contribution in [3.63, 3.8) is 0 Å². The van der Waals surface area contributed by atoms with Crippen LogP contribution in [0.5, 0.6) is 0 Å². The molecule has 2 heteroatoms. The molecule has 4 saturated carbocycles. The topological polar surface area (TPSA) is 20.3 Å². The first-order valence-corrected chi connectivity index (χ1v) is 8.24. The summed E-state index contributed by atoms with van der Waals surface area (Å²) in [7, 11) is 0. The second-order valence-electron chi connectivity index (χ2n) is 9.15. The van der Waals surface area contributed by atoms with Gasteiger partial charge in [-0.1, -0.05) is 13.8 Å². The van der Waals surface area contributed by atoms with Crippen LogP contribution in [0.15, 0.2) is 0 Å². The number of hydrogen-bond donors (Lipinski definition) is 0. The Bertz CT molecular complexity index is 484. The number of hydrogen-bond acceptors (Lipinski definition) is 2. The Morgan fingerprint density at radius 1 is 1.11 bits per heavy atom. The van der Waals surface area contributed by atoms with Crippen molar-refractivity contribution in [1.29, 1.82) is 0 Å². The Kier molecular flexibility index (Phi) is 1.76. The summed E-state index contributed by atoms with van der Waals surface area (Å²) in [5, 5.41) is 0. The average molecular weight is 259 g/mol. The molecule has 2 nitrogen and oxygen atoms in total. The van der Waals surface area contributed by atoms with Crippen LogP contribution in [0.2, 0.25) is 0 Å². The lowest BCUT2D eigenvalue weighted by Crippen LogP contribution is -2.56. The van der Waals surface area contributed by atoms with E-state index in [1.165, 1.54) is 38.5 Å². The van der Waals surface area contributed by atoms with Gasteiger partial charge in [-0.15, -0.1) is 0 Å². The lowest BCUT2D eigenvalue weighted by atomic mass is 9.64. The number of ketones is 1. The molecule has 19 heavy (non-hydrogen) atoms. The maximum atomic E-state index is 12.2. The molecule has 6 rings (SSSR count). The van der Waals surface area contributed by atoms with Crippen LogP contribution in [0.4, 0.5) is 0 Å². The quantitative estimate of drug-likeness (QED) is 0.721. The Hall–Kier alpha value is -0.370. The van der Waals surface area contributed by atoms with Crippen LogP contribution in [-0.4, -0.2) is 28.3 Å². The molecule has 0 amide bonds. The molecule has 6 bridgehead atoms. The zero-order valence-electron chi connectivity index (χ0n) is 12.2. The van der Waals surface area contributed by atoms with Crippen molar-refractivity contribution in [2.75, 3.05) is 0 Å². The molecule has 2 saturated heterocycles. The van der Waals surface area contributed by atoms with Gasteiger partial charge in [0.15, 0.2) is 5.78 Å². The molecule has 0 N–H and O–H groups in total. The molecule has 6 fully saturated rings. The van der Waals surface area contributed by atoms with Crippen LogP contribution in [0.1, 0.15) is 65.2 Å². The molecule has 6 atom stereocenters. The smallest absolute Gasteiger partial charge is 0.151 e. The van der Waals surface area contributed by atoms with Gasteiger partial charge in [0.05, 0.1) is 6.04 Å². The third-order valence-electron chi connectivity index (χ3n) is 7.53. The fraction of sp³-hybridized carbons (Fsp3) is 0.941. The highest BCUT2D eigenvalue weighted by atomic mass is 16.1. The van der Waals surface area contributed by atoms with Crippen LogP contribution in [0.25, 0.3) is 0 Å². The molecule has 0 aromatic rings. The molecule has 2 aliphatic heterocycles. The molecular formula is C17H25NO. The molecule has 0 aromatic carbocycles. The van der Waals surface area contributed by atoms with Crippen molar-refractivity contribution < 1.29 is 4.79 Å². The minimum atomic E-state index is 0.313. The van der Waals surface area contributed by atoms with E-state index in [1.54, 1.807) is 0 Å². The van der Waals surface area contributed by atoms with Gasteiger partial charge in [0, 0.05) is 18.0 Å². The third-order valence-corrected chi connectivity index (χ3v) is 7.53. The van der Waals surface area contributed by atoms with E-state index >= 15 is 0 Å². The highest BCUT2D eigenvalue weighted by Gasteiger charge is 2.70. The zero-order chi connectivity index (χ0) is 13.0.